The summed E-state index contributed by atoms with van der Waals surface area (Å²) in [5.41, 5.74) is 4.25. The average molecular weight is 391 g/mol. The van der Waals surface area contributed by atoms with Gasteiger partial charge in [0.1, 0.15) is 0 Å². The lowest BCUT2D eigenvalue weighted by Crippen LogP contribution is -2.36. The van der Waals surface area contributed by atoms with Gasteiger partial charge in [-0.1, -0.05) is 35.9 Å². The van der Waals surface area contributed by atoms with Crippen LogP contribution in [-0.4, -0.2) is 48.0 Å². The zero-order valence-electron chi connectivity index (χ0n) is 16.6. The number of carbonyl (C=O) groups excluding carboxylic acids is 1. The van der Waals surface area contributed by atoms with E-state index >= 15 is 0 Å². The number of carbonyl (C=O) groups is 1. The summed E-state index contributed by atoms with van der Waals surface area (Å²) in [7, 11) is 0. The van der Waals surface area contributed by atoms with Gasteiger partial charge >= 0.3 is 0 Å². The Bertz CT molecular complexity index is 948. The first-order valence-corrected chi connectivity index (χ1v) is 10.3. The van der Waals surface area contributed by atoms with Crippen LogP contribution in [0.3, 0.4) is 0 Å². The number of rotatable bonds is 4. The van der Waals surface area contributed by atoms with Crippen molar-refractivity contribution in [3.63, 3.8) is 0 Å². The lowest BCUT2D eigenvalue weighted by Gasteiger charge is -2.24. The number of aryl methyl sites for hydroxylation is 1. The van der Waals surface area contributed by atoms with Crippen molar-refractivity contribution >= 4 is 11.6 Å². The van der Waals surface area contributed by atoms with E-state index in [1.165, 1.54) is 5.56 Å². The Hall–Kier alpha value is -2.86. The Kier molecular flexibility index (Phi) is 4.72. The predicted octanol–water partition coefficient (Wildman–Crippen LogP) is 3.50. The highest BCUT2D eigenvalue weighted by Crippen LogP contribution is 2.39. The Balaban J connectivity index is 1.45. The summed E-state index contributed by atoms with van der Waals surface area (Å²) in [6.45, 7) is 4.71. The van der Waals surface area contributed by atoms with Crippen LogP contribution in [0, 0.1) is 6.92 Å². The summed E-state index contributed by atoms with van der Waals surface area (Å²) in [5, 5.41) is 6.47. The third kappa shape index (κ3) is 3.60. The van der Waals surface area contributed by atoms with E-state index in [2.05, 4.69) is 36.1 Å². The van der Waals surface area contributed by atoms with Crippen LogP contribution in [0.4, 0.5) is 0 Å². The highest BCUT2D eigenvalue weighted by atomic mass is 16.7. The second-order valence-corrected chi connectivity index (χ2v) is 7.97. The van der Waals surface area contributed by atoms with E-state index < -0.39 is 0 Å². The summed E-state index contributed by atoms with van der Waals surface area (Å²) in [5.74, 6) is 1.54. The normalized spacial score (nSPS) is 20.9. The van der Waals surface area contributed by atoms with Gasteiger partial charge in [0.15, 0.2) is 11.5 Å². The van der Waals surface area contributed by atoms with Gasteiger partial charge in [0.25, 0.3) is 5.91 Å². The number of hydrogen-bond acceptors (Lipinski definition) is 5. The molecule has 1 fully saturated rings. The molecule has 29 heavy (non-hydrogen) atoms. The third-order valence-electron chi connectivity index (χ3n) is 5.89. The number of hydrogen-bond donors (Lipinski definition) is 0. The molecule has 6 heteroatoms. The lowest BCUT2D eigenvalue weighted by molar-refractivity contribution is -0.134. The zero-order chi connectivity index (χ0) is 19.8. The van der Waals surface area contributed by atoms with Gasteiger partial charge in [-0.15, -0.1) is 0 Å². The van der Waals surface area contributed by atoms with Gasteiger partial charge in [-0.25, -0.2) is 5.01 Å². The van der Waals surface area contributed by atoms with Crippen molar-refractivity contribution in [3.8, 4) is 11.5 Å². The van der Waals surface area contributed by atoms with E-state index in [-0.39, 0.29) is 18.7 Å². The first kappa shape index (κ1) is 18.2. The molecule has 1 atom stereocenters. The summed E-state index contributed by atoms with van der Waals surface area (Å²) in [6.07, 6.45) is 3.02. The van der Waals surface area contributed by atoms with Gasteiger partial charge in [0.05, 0.1) is 18.3 Å². The molecule has 3 aliphatic rings. The van der Waals surface area contributed by atoms with Gasteiger partial charge in [0, 0.05) is 6.42 Å². The molecule has 0 radical (unpaired) electrons. The molecule has 0 aromatic heterocycles. The number of amides is 1. The van der Waals surface area contributed by atoms with E-state index in [0.717, 1.165) is 54.3 Å². The quantitative estimate of drug-likeness (QED) is 0.801. The molecule has 1 amide bonds. The van der Waals surface area contributed by atoms with Crippen molar-refractivity contribution in [3.05, 3.63) is 59.2 Å². The Labute approximate surface area is 170 Å². The monoisotopic (exact) mass is 391 g/mol. The molecule has 0 unspecified atom stereocenters. The predicted molar refractivity (Wildman–Crippen MR) is 110 cm³/mol. The van der Waals surface area contributed by atoms with Gasteiger partial charge in [-0.3, -0.25) is 9.69 Å². The van der Waals surface area contributed by atoms with Crippen LogP contribution in [0.2, 0.25) is 0 Å². The van der Waals surface area contributed by atoms with Crippen molar-refractivity contribution in [2.24, 2.45) is 5.10 Å². The number of fused-ring (bicyclic) bond motifs is 1. The van der Waals surface area contributed by atoms with Crippen LogP contribution >= 0.6 is 0 Å². The van der Waals surface area contributed by atoms with E-state index in [1.54, 1.807) is 5.01 Å². The molecule has 3 aliphatic heterocycles. The van der Waals surface area contributed by atoms with Crippen molar-refractivity contribution < 1.29 is 14.3 Å². The largest absolute Gasteiger partial charge is 0.454 e. The van der Waals surface area contributed by atoms with Gasteiger partial charge in [0.2, 0.25) is 6.79 Å². The average Bonchev–Trinajstić information content (AvgIpc) is 3.48. The zero-order valence-corrected chi connectivity index (χ0v) is 16.6. The number of benzene rings is 2. The van der Waals surface area contributed by atoms with Crippen molar-refractivity contribution in [1.29, 1.82) is 0 Å². The fourth-order valence-electron chi connectivity index (χ4n) is 4.25. The number of ether oxygens (including phenoxy) is 2. The molecule has 0 spiro atoms. The molecule has 2 aromatic rings. The smallest absolute Gasteiger partial charge is 0.257 e. The van der Waals surface area contributed by atoms with Crippen LogP contribution in [0.1, 0.15) is 42.0 Å². The fraction of sp³-hybridized carbons (Fsp3) is 0.391. The summed E-state index contributed by atoms with van der Waals surface area (Å²) < 4.78 is 11.0. The molecule has 3 heterocycles. The second-order valence-electron chi connectivity index (χ2n) is 7.97. The molecule has 0 saturated carbocycles. The van der Waals surface area contributed by atoms with Crippen molar-refractivity contribution in [2.75, 3.05) is 26.4 Å². The number of nitrogens with zero attached hydrogens (tertiary/aromatic N) is 3. The number of likely N-dealkylation sites (tertiary alicyclic amines) is 1. The maximum atomic E-state index is 13.2. The lowest BCUT2D eigenvalue weighted by atomic mass is 9.97. The second kappa shape index (κ2) is 7.52. The third-order valence-corrected chi connectivity index (χ3v) is 5.89. The van der Waals surface area contributed by atoms with Crippen LogP contribution < -0.4 is 9.47 Å². The van der Waals surface area contributed by atoms with Crippen LogP contribution in [0.15, 0.2) is 47.6 Å². The van der Waals surface area contributed by atoms with E-state index in [4.69, 9.17) is 14.6 Å². The van der Waals surface area contributed by atoms with Crippen LogP contribution in [0.25, 0.3) is 0 Å². The molecule has 0 aliphatic carbocycles. The maximum absolute atomic E-state index is 13.2. The minimum absolute atomic E-state index is 0.0525. The van der Waals surface area contributed by atoms with Crippen LogP contribution in [-0.2, 0) is 4.79 Å². The molecule has 150 valence electrons. The minimum atomic E-state index is -0.129. The summed E-state index contributed by atoms with van der Waals surface area (Å²) in [6, 6.07) is 14.1. The van der Waals surface area contributed by atoms with Crippen molar-refractivity contribution in [1.82, 2.24) is 9.91 Å². The standard InChI is InChI=1S/C23H25N3O3/c1-16-4-6-17(7-5-16)19-13-20(18-8-9-21-22(12-18)29-15-28-21)26(24-19)23(27)14-25-10-2-3-11-25/h4-9,12,20H,2-3,10-11,13-15H2,1H3/t20-/m1/s1. The highest BCUT2D eigenvalue weighted by molar-refractivity contribution is 6.03. The molecular weight excluding hydrogens is 366 g/mol. The molecule has 2 aromatic carbocycles. The van der Waals surface area contributed by atoms with E-state index in [9.17, 15) is 4.79 Å². The molecule has 6 nitrogen and oxygen atoms in total. The molecule has 1 saturated heterocycles. The summed E-state index contributed by atoms with van der Waals surface area (Å²) in [4.78, 5) is 15.4. The fourth-order valence-corrected chi connectivity index (χ4v) is 4.25. The van der Waals surface area contributed by atoms with Crippen LogP contribution in [0.5, 0.6) is 11.5 Å². The summed E-state index contributed by atoms with van der Waals surface area (Å²) >= 11 is 0. The molecule has 0 bridgehead atoms. The van der Waals surface area contributed by atoms with E-state index in [0.29, 0.717) is 13.0 Å². The molecule has 5 rings (SSSR count). The van der Waals surface area contributed by atoms with Gasteiger partial charge < -0.3 is 9.47 Å². The van der Waals surface area contributed by atoms with Gasteiger partial charge in [-0.2, -0.15) is 5.10 Å². The first-order valence-electron chi connectivity index (χ1n) is 10.3. The SMILES string of the molecule is Cc1ccc(C2=NN(C(=O)CN3CCCC3)[C@@H](c3ccc4c(c3)OCO4)C2)cc1. The Morgan fingerprint density at radius 3 is 2.62 bits per heavy atom. The molecule has 0 N–H and O–H groups in total. The Morgan fingerprint density at radius 2 is 1.83 bits per heavy atom. The van der Waals surface area contributed by atoms with Gasteiger partial charge in [-0.05, 0) is 56.1 Å². The first-order chi connectivity index (χ1) is 14.2. The highest BCUT2D eigenvalue weighted by Gasteiger charge is 2.34. The topological polar surface area (TPSA) is 54.4 Å². The number of hydrazone groups is 1. The minimum Gasteiger partial charge on any atom is -0.454 e. The van der Waals surface area contributed by atoms with E-state index in [1.807, 2.05) is 18.2 Å². The maximum Gasteiger partial charge on any atom is 0.257 e. The Morgan fingerprint density at radius 1 is 1.07 bits per heavy atom. The molecular formula is C23H25N3O3. The van der Waals surface area contributed by atoms with Crippen molar-refractivity contribution in [2.45, 2.75) is 32.2 Å².